The van der Waals surface area contributed by atoms with Crippen molar-refractivity contribution in [1.29, 1.82) is 0 Å². The molecule has 1 saturated heterocycles. The third-order valence-corrected chi connectivity index (χ3v) is 4.19. The second-order valence-corrected chi connectivity index (χ2v) is 6.29. The summed E-state index contributed by atoms with van der Waals surface area (Å²) in [4.78, 5) is 14.9. The molecule has 2 aromatic carbocycles. The van der Waals surface area contributed by atoms with Crippen LogP contribution in [0.25, 0.3) is 0 Å². The fourth-order valence-electron chi connectivity index (χ4n) is 3.21. The van der Waals surface area contributed by atoms with Crippen LogP contribution in [0.3, 0.4) is 0 Å². The van der Waals surface area contributed by atoms with Crippen LogP contribution in [0, 0.1) is 0 Å². The maximum absolute atomic E-state index is 13.0. The fraction of sp³-hybridized carbons (Fsp3) is 0.350. The van der Waals surface area contributed by atoms with Crippen LogP contribution in [0.4, 0.5) is 0 Å². The summed E-state index contributed by atoms with van der Waals surface area (Å²) in [6.45, 7) is 5.35. The van der Waals surface area contributed by atoms with Crippen molar-refractivity contribution in [1.82, 2.24) is 4.90 Å². The second-order valence-electron chi connectivity index (χ2n) is 6.29. The first-order chi connectivity index (χ1) is 11.1. The molecule has 3 heteroatoms. The molecule has 2 aromatic rings. The Morgan fingerprint density at radius 3 is 2.30 bits per heavy atom. The number of amides is 1. The van der Waals surface area contributed by atoms with Gasteiger partial charge in [0.05, 0.1) is 12.2 Å². The van der Waals surface area contributed by atoms with Gasteiger partial charge in [0.2, 0.25) is 0 Å². The van der Waals surface area contributed by atoms with E-state index in [0.29, 0.717) is 13.1 Å². The number of morpholine rings is 1. The summed E-state index contributed by atoms with van der Waals surface area (Å²) in [7, 11) is 0. The van der Waals surface area contributed by atoms with Crippen molar-refractivity contribution in [3.63, 3.8) is 0 Å². The lowest BCUT2D eigenvalue weighted by atomic mass is 9.98. The van der Waals surface area contributed by atoms with Crippen molar-refractivity contribution in [2.24, 2.45) is 0 Å². The van der Waals surface area contributed by atoms with E-state index in [1.807, 2.05) is 61.2 Å². The van der Waals surface area contributed by atoms with Crippen molar-refractivity contribution < 1.29 is 9.53 Å². The highest BCUT2D eigenvalue weighted by Gasteiger charge is 2.27. The summed E-state index contributed by atoms with van der Waals surface area (Å²) in [5.41, 5.74) is 3.10. The molecule has 2 atom stereocenters. The molecular weight excluding hydrogens is 286 g/mol. The van der Waals surface area contributed by atoms with Gasteiger partial charge in [-0.15, -0.1) is 0 Å². The van der Waals surface area contributed by atoms with Gasteiger partial charge in [-0.2, -0.15) is 0 Å². The van der Waals surface area contributed by atoms with Gasteiger partial charge in [-0.1, -0.05) is 48.5 Å². The molecule has 0 spiro atoms. The number of carbonyl (C=O) groups excluding carboxylic acids is 1. The van der Waals surface area contributed by atoms with Crippen LogP contribution in [-0.2, 0) is 11.2 Å². The van der Waals surface area contributed by atoms with Crippen LogP contribution >= 0.6 is 0 Å². The topological polar surface area (TPSA) is 29.5 Å². The number of rotatable bonds is 3. The van der Waals surface area contributed by atoms with E-state index < -0.39 is 0 Å². The lowest BCUT2D eigenvalue weighted by molar-refractivity contribution is -0.0586. The summed E-state index contributed by atoms with van der Waals surface area (Å²) >= 11 is 0. The number of nitrogens with zero attached hydrogens (tertiary/aromatic N) is 1. The van der Waals surface area contributed by atoms with E-state index in [9.17, 15) is 4.79 Å². The van der Waals surface area contributed by atoms with Gasteiger partial charge in [0.25, 0.3) is 5.91 Å². The Kier molecular flexibility index (Phi) is 4.77. The Labute approximate surface area is 137 Å². The summed E-state index contributed by atoms with van der Waals surface area (Å²) in [6.07, 6.45) is 0.950. The lowest BCUT2D eigenvalue weighted by Gasteiger charge is -2.35. The van der Waals surface area contributed by atoms with Crippen molar-refractivity contribution in [3.8, 4) is 0 Å². The highest BCUT2D eigenvalue weighted by atomic mass is 16.5. The Bertz CT molecular complexity index is 658. The van der Waals surface area contributed by atoms with Crippen molar-refractivity contribution in [2.45, 2.75) is 32.5 Å². The summed E-state index contributed by atoms with van der Waals surface area (Å²) in [5.74, 6) is 0.110. The van der Waals surface area contributed by atoms with Gasteiger partial charge in [0.15, 0.2) is 0 Å². The van der Waals surface area contributed by atoms with E-state index in [1.165, 1.54) is 5.56 Å². The Balaban J connectivity index is 1.83. The first kappa shape index (κ1) is 15.8. The van der Waals surface area contributed by atoms with E-state index in [4.69, 9.17) is 4.74 Å². The molecule has 0 radical (unpaired) electrons. The number of carbonyl (C=O) groups is 1. The van der Waals surface area contributed by atoms with E-state index in [0.717, 1.165) is 17.5 Å². The maximum Gasteiger partial charge on any atom is 0.254 e. The molecule has 3 rings (SSSR count). The predicted molar refractivity (Wildman–Crippen MR) is 91.6 cm³/mol. The third-order valence-electron chi connectivity index (χ3n) is 4.19. The predicted octanol–water partition coefficient (Wildman–Crippen LogP) is 3.53. The maximum atomic E-state index is 13.0. The number of hydrogen-bond acceptors (Lipinski definition) is 2. The molecule has 120 valence electrons. The zero-order valence-corrected chi connectivity index (χ0v) is 13.7. The number of hydrogen-bond donors (Lipinski definition) is 0. The minimum atomic E-state index is 0.0870. The number of benzene rings is 2. The second kappa shape index (κ2) is 6.97. The molecule has 2 unspecified atom stereocenters. The summed E-state index contributed by atoms with van der Waals surface area (Å²) in [5, 5.41) is 0. The largest absolute Gasteiger partial charge is 0.372 e. The molecule has 1 aliphatic rings. The highest BCUT2D eigenvalue weighted by molar-refractivity contribution is 5.96. The normalized spacial score (nSPS) is 21.2. The SMILES string of the molecule is CC1CN(C(=O)c2ccccc2Cc2ccccc2)CC(C)O1. The van der Waals surface area contributed by atoms with Crippen LogP contribution in [0.2, 0.25) is 0 Å². The first-order valence-electron chi connectivity index (χ1n) is 8.20. The molecule has 0 N–H and O–H groups in total. The molecule has 1 fully saturated rings. The third kappa shape index (κ3) is 3.80. The Hall–Kier alpha value is -2.13. The molecule has 3 nitrogen and oxygen atoms in total. The van der Waals surface area contributed by atoms with Gasteiger partial charge in [0.1, 0.15) is 0 Å². The Morgan fingerprint density at radius 2 is 1.61 bits per heavy atom. The molecule has 1 heterocycles. The van der Waals surface area contributed by atoms with Gasteiger partial charge in [0, 0.05) is 18.7 Å². The van der Waals surface area contributed by atoms with Crippen molar-refractivity contribution >= 4 is 5.91 Å². The summed E-state index contributed by atoms with van der Waals surface area (Å²) in [6, 6.07) is 18.2. The molecule has 1 aliphatic heterocycles. The first-order valence-corrected chi connectivity index (χ1v) is 8.20. The highest BCUT2D eigenvalue weighted by Crippen LogP contribution is 2.19. The molecular formula is C20H23NO2. The zero-order valence-electron chi connectivity index (χ0n) is 13.7. The van der Waals surface area contributed by atoms with Gasteiger partial charge >= 0.3 is 0 Å². The van der Waals surface area contributed by atoms with Crippen molar-refractivity contribution in [2.75, 3.05) is 13.1 Å². The van der Waals surface area contributed by atoms with E-state index in [-0.39, 0.29) is 18.1 Å². The van der Waals surface area contributed by atoms with Crippen LogP contribution in [-0.4, -0.2) is 36.1 Å². The lowest BCUT2D eigenvalue weighted by Crippen LogP contribution is -2.48. The molecule has 0 bridgehead atoms. The van der Waals surface area contributed by atoms with Gasteiger partial charge < -0.3 is 9.64 Å². The average Bonchev–Trinajstić information content (AvgIpc) is 2.55. The van der Waals surface area contributed by atoms with E-state index >= 15 is 0 Å². The quantitative estimate of drug-likeness (QED) is 0.868. The minimum absolute atomic E-state index is 0.0870. The standard InChI is InChI=1S/C20H23NO2/c1-15-13-21(14-16(2)23-15)20(22)19-11-7-6-10-18(19)12-17-8-4-3-5-9-17/h3-11,15-16H,12-14H2,1-2H3. The van der Waals surface area contributed by atoms with Crippen LogP contribution in [0.1, 0.15) is 35.3 Å². The van der Waals surface area contributed by atoms with Crippen LogP contribution in [0.15, 0.2) is 54.6 Å². The van der Waals surface area contributed by atoms with Gasteiger partial charge in [-0.25, -0.2) is 0 Å². The molecule has 1 amide bonds. The zero-order chi connectivity index (χ0) is 16.2. The fourth-order valence-corrected chi connectivity index (χ4v) is 3.21. The molecule has 0 saturated carbocycles. The molecule has 23 heavy (non-hydrogen) atoms. The van der Waals surface area contributed by atoms with Gasteiger partial charge in [-0.3, -0.25) is 4.79 Å². The van der Waals surface area contributed by atoms with Crippen molar-refractivity contribution in [3.05, 3.63) is 71.3 Å². The monoisotopic (exact) mass is 309 g/mol. The van der Waals surface area contributed by atoms with Crippen LogP contribution in [0.5, 0.6) is 0 Å². The Morgan fingerprint density at radius 1 is 1.00 bits per heavy atom. The van der Waals surface area contributed by atoms with E-state index in [1.54, 1.807) is 0 Å². The van der Waals surface area contributed by atoms with E-state index in [2.05, 4.69) is 12.1 Å². The average molecular weight is 309 g/mol. The smallest absolute Gasteiger partial charge is 0.254 e. The van der Waals surface area contributed by atoms with Gasteiger partial charge in [-0.05, 0) is 37.5 Å². The summed E-state index contributed by atoms with van der Waals surface area (Å²) < 4.78 is 5.73. The molecule has 0 aliphatic carbocycles. The van der Waals surface area contributed by atoms with Crippen LogP contribution < -0.4 is 0 Å². The molecule has 0 aromatic heterocycles. The minimum Gasteiger partial charge on any atom is -0.372 e. The number of ether oxygens (including phenoxy) is 1.